The topological polar surface area (TPSA) is 82.3 Å². The first-order valence-electron chi connectivity index (χ1n) is 7.86. The van der Waals surface area contributed by atoms with E-state index in [0.29, 0.717) is 29.6 Å². The first-order chi connectivity index (χ1) is 11.4. The van der Waals surface area contributed by atoms with Gasteiger partial charge in [-0.05, 0) is 30.2 Å². The van der Waals surface area contributed by atoms with Gasteiger partial charge in [0, 0.05) is 29.7 Å². The van der Waals surface area contributed by atoms with Crippen LogP contribution < -0.4 is 21.5 Å². The van der Waals surface area contributed by atoms with Gasteiger partial charge in [-0.1, -0.05) is 41.4 Å². The minimum absolute atomic E-state index is 0.0150. The van der Waals surface area contributed by atoms with Gasteiger partial charge < -0.3 is 10.6 Å². The van der Waals surface area contributed by atoms with Crippen molar-refractivity contribution in [3.8, 4) is 0 Å². The van der Waals surface area contributed by atoms with Gasteiger partial charge in [0.05, 0.1) is 4.83 Å². The highest BCUT2D eigenvalue weighted by molar-refractivity contribution is 9.09. The molecule has 1 aromatic carbocycles. The van der Waals surface area contributed by atoms with Crippen LogP contribution in [0, 0.1) is 5.92 Å². The smallest absolute Gasteiger partial charge is 0.251 e. The average molecular weight is 418 g/mol. The van der Waals surface area contributed by atoms with Crippen molar-refractivity contribution in [1.29, 1.82) is 0 Å². The number of benzene rings is 1. The maximum atomic E-state index is 12.2. The van der Waals surface area contributed by atoms with Crippen LogP contribution in [0.3, 0.4) is 0 Å². The average Bonchev–Trinajstić information content (AvgIpc) is 2.93. The van der Waals surface area contributed by atoms with Crippen molar-refractivity contribution in [2.45, 2.75) is 30.8 Å². The zero-order chi connectivity index (χ0) is 17.7. The lowest BCUT2D eigenvalue weighted by Crippen LogP contribution is -2.47. The lowest BCUT2D eigenvalue weighted by Gasteiger charge is -2.19. The van der Waals surface area contributed by atoms with E-state index < -0.39 is 0 Å². The number of carbonyl (C=O) groups is 2. The minimum Gasteiger partial charge on any atom is -0.353 e. The monoisotopic (exact) mass is 416 g/mol. The Morgan fingerprint density at radius 1 is 1.17 bits per heavy atom. The van der Waals surface area contributed by atoms with Crippen molar-refractivity contribution in [2.24, 2.45) is 5.92 Å². The molecule has 132 valence electrons. The second kappa shape index (κ2) is 8.80. The van der Waals surface area contributed by atoms with Crippen molar-refractivity contribution < 1.29 is 9.59 Å². The molecule has 1 aromatic rings. The van der Waals surface area contributed by atoms with E-state index >= 15 is 0 Å². The zero-order valence-electron chi connectivity index (χ0n) is 13.6. The Balaban J connectivity index is 1.71. The number of alkyl halides is 1. The maximum absolute atomic E-state index is 12.2. The Morgan fingerprint density at radius 2 is 1.79 bits per heavy atom. The van der Waals surface area contributed by atoms with Crippen molar-refractivity contribution in [3.63, 3.8) is 0 Å². The molecule has 3 atom stereocenters. The van der Waals surface area contributed by atoms with Crippen LogP contribution in [0.4, 0.5) is 0 Å². The van der Waals surface area contributed by atoms with Gasteiger partial charge in [0.25, 0.3) is 5.91 Å². The molecular formula is C16H22BrClN4O2. The molecule has 1 aliphatic rings. The lowest BCUT2D eigenvalue weighted by molar-refractivity contribution is -0.122. The summed E-state index contributed by atoms with van der Waals surface area (Å²) in [5.74, 6) is 0.103. The van der Waals surface area contributed by atoms with E-state index in [1.54, 1.807) is 24.3 Å². The van der Waals surface area contributed by atoms with Crippen molar-refractivity contribution in [3.05, 3.63) is 34.9 Å². The number of hydrogen-bond acceptors (Lipinski definition) is 4. The Kier molecular flexibility index (Phi) is 7.03. The third kappa shape index (κ3) is 4.92. The van der Waals surface area contributed by atoms with Gasteiger partial charge in [-0.2, -0.15) is 0 Å². The number of hydrogen-bond donors (Lipinski definition) is 4. The van der Waals surface area contributed by atoms with Crippen LogP contribution >= 0.6 is 27.5 Å². The van der Waals surface area contributed by atoms with E-state index in [1.807, 2.05) is 0 Å². The molecule has 3 unspecified atom stereocenters. The first kappa shape index (κ1) is 19.2. The zero-order valence-corrected chi connectivity index (χ0v) is 15.9. The number of rotatable bonds is 6. The molecule has 1 saturated heterocycles. The Bertz CT molecular complexity index is 582. The van der Waals surface area contributed by atoms with Crippen LogP contribution in [0.2, 0.25) is 5.02 Å². The van der Waals surface area contributed by atoms with Crippen LogP contribution in [0.25, 0.3) is 0 Å². The number of hydrazine groups is 1. The Labute approximate surface area is 155 Å². The summed E-state index contributed by atoms with van der Waals surface area (Å²) in [5, 5.41) is 6.17. The van der Waals surface area contributed by atoms with Gasteiger partial charge in [-0.3, -0.25) is 15.0 Å². The van der Waals surface area contributed by atoms with Crippen LogP contribution in [0.5, 0.6) is 0 Å². The molecule has 1 fully saturated rings. The third-order valence-electron chi connectivity index (χ3n) is 3.88. The molecule has 0 spiro atoms. The van der Waals surface area contributed by atoms with Gasteiger partial charge in [0.1, 0.15) is 6.04 Å². The van der Waals surface area contributed by atoms with Crippen LogP contribution in [-0.4, -0.2) is 41.8 Å². The SMILES string of the molecule is CC(C)C1NNC(C(=O)NCCNC(=O)c2ccc(Cl)cc2)C1Br. The minimum atomic E-state index is -0.343. The molecule has 1 aliphatic heterocycles. The normalized spacial score (nSPS) is 23.3. The van der Waals surface area contributed by atoms with Gasteiger partial charge in [-0.25, -0.2) is 5.43 Å². The standard InChI is InChI=1S/C16H22BrClN4O2/c1-9(2)13-12(17)14(22-21-13)16(24)20-8-7-19-15(23)10-3-5-11(18)6-4-10/h3-6,9,12-14,21-22H,7-8H2,1-2H3,(H,19,23)(H,20,24). The summed E-state index contributed by atoms with van der Waals surface area (Å²) in [6.07, 6.45) is 0. The van der Waals surface area contributed by atoms with Gasteiger partial charge in [0.15, 0.2) is 0 Å². The fraction of sp³-hybridized carbons (Fsp3) is 0.500. The molecule has 0 saturated carbocycles. The van der Waals surface area contributed by atoms with E-state index in [9.17, 15) is 9.59 Å². The lowest BCUT2D eigenvalue weighted by atomic mass is 9.99. The molecule has 8 heteroatoms. The van der Waals surface area contributed by atoms with E-state index in [1.165, 1.54) is 0 Å². The number of nitrogens with one attached hydrogen (secondary N) is 4. The predicted molar refractivity (Wildman–Crippen MR) is 98.2 cm³/mol. The fourth-order valence-corrected chi connectivity index (χ4v) is 3.71. The van der Waals surface area contributed by atoms with Crippen molar-refractivity contribution in [2.75, 3.05) is 13.1 Å². The number of halogens is 2. The molecule has 0 aliphatic carbocycles. The first-order valence-corrected chi connectivity index (χ1v) is 9.16. The van der Waals surface area contributed by atoms with E-state index in [0.717, 1.165) is 0 Å². The van der Waals surface area contributed by atoms with E-state index in [-0.39, 0.29) is 28.7 Å². The summed E-state index contributed by atoms with van der Waals surface area (Å²) in [7, 11) is 0. The van der Waals surface area contributed by atoms with Crippen molar-refractivity contribution >= 4 is 39.3 Å². The summed E-state index contributed by atoms with van der Waals surface area (Å²) in [4.78, 5) is 24.2. The highest BCUT2D eigenvalue weighted by Gasteiger charge is 2.39. The number of carbonyl (C=O) groups excluding carboxylic acids is 2. The predicted octanol–water partition coefficient (Wildman–Crippen LogP) is 1.45. The maximum Gasteiger partial charge on any atom is 0.251 e. The fourth-order valence-electron chi connectivity index (χ4n) is 2.47. The summed E-state index contributed by atoms with van der Waals surface area (Å²) < 4.78 is 0. The van der Waals surface area contributed by atoms with E-state index in [4.69, 9.17) is 11.6 Å². The molecule has 6 nitrogen and oxygen atoms in total. The highest BCUT2D eigenvalue weighted by atomic mass is 79.9. The number of amides is 2. The largest absolute Gasteiger partial charge is 0.353 e. The molecular weight excluding hydrogens is 396 g/mol. The molecule has 0 radical (unpaired) electrons. The second-order valence-electron chi connectivity index (χ2n) is 6.03. The molecule has 2 amide bonds. The van der Waals surface area contributed by atoms with Gasteiger partial charge >= 0.3 is 0 Å². The molecule has 0 aromatic heterocycles. The third-order valence-corrected chi connectivity index (χ3v) is 5.23. The summed E-state index contributed by atoms with van der Waals surface area (Å²) in [6.45, 7) is 4.91. The van der Waals surface area contributed by atoms with Crippen molar-refractivity contribution in [1.82, 2.24) is 21.5 Å². The molecule has 1 heterocycles. The molecule has 0 bridgehead atoms. The molecule has 4 N–H and O–H groups in total. The van der Waals surface area contributed by atoms with Crippen LogP contribution in [-0.2, 0) is 4.79 Å². The second-order valence-corrected chi connectivity index (χ2v) is 7.53. The van der Waals surface area contributed by atoms with Crippen LogP contribution in [0.1, 0.15) is 24.2 Å². The van der Waals surface area contributed by atoms with Gasteiger partial charge in [-0.15, -0.1) is 0 Å². The molecule has 24 heavy (non-hydrogen) atoms. The molecule has 2 rings (SSSR count). The Hall–Kier alpha value is -1.15. The summed E-state index contributed by atoms with van der Waals surface area (Å²) in [6, 6.07) is 6.49. The quantitative estimate of drug-likeness (QED) is 0.417. The van der Waals surface area contributed by atoms with E-state index in [2.05, 4.69) is 51.3 Å². The summed E-state index contributed by atoms with van der Waals surface area (Å²) >= 11 is 9.36. The Morgan fingerprint density at radius 3 is 2.38 bits per heavy atom. The van der Waals surface area contributed by atoms with Gasteiger partial charge in [0.2, 0.25) is 5.91 Å². The highest BCUT2D eigenvalue weighted by Crippen LogP contribution is 2.21. The van der Waals surface area contributed by atoms with Crippen LogP contribution in [0.15, 0.2) is 24.3 Å². The summed E-state index contributed by atoms with van der Waals surface area (Å²) in [5.41, 5.74) is 6.68.